The van der Waals surface area contributed by atoms with Gasteiger partial charge in [-0.15, -0.1) is 11.3 Å². The normalized spacial score (nSPS) is 11.3. The Kier molecular flexibility index (Phi) is 2.82. The van der Waals surface area contributed by atoms with Gasteiger partial charge in [0, 0.05) is 11.4 Å². The Bertz CT molecular complexity index is 752. The number of aromatic nitrogens is 2. The molecule has 0 aliphatic carbocycles. The number of nitrogens with zero attached hydrogens (tertiary/aromatic N) is 2. The fourth-order valence-electron chi connectivity index (χ4n) is 2.47. The van der Waals surface area contributed by atoms with Crippen LogP contribution in [-0.2, 0) is 6.54 Å². The average molecular weight is 271 g/mol. The van der Waals surface area contributed by atoms with E-state index >= 15 is 0 Å². The number of hydrogen-bond acceptors (Lipinski definition) is 3. The van der Waals surface area contributed by atoms with E-state index in [4.69, 9.17) is 10.7 Å². The quantitative estimate of drug-likeness (QED) is 0.766. The molecule has 0 fully saturated rings. The Hall–Kier alpha value is -1.81. The van der Waals surface area contributed by atoms with E-state index in [9.17, 15) is 0 Å². The molecule has 2 N–H and O–H groups in total. The zero-order valence-corrected chi connectivity index (χ0v) is 12.2. The molecule has 3 aromatic rings. The van der Waals surface area contributed by atoms with Crippen molar-refractivity contribution in [3.63, 3.8) is 0 Å². The number of fused-ring (bicyclic) bond motifs is 1. The van der Waals surface area contributed by atoms with Gasteiger partial charge < -0.3 is 10.3 Å². The number of rotatable bonds is 2. The summed E-state index contributed by atoms with van der Waals surface area (Å²) in [5.41, 5.74) is 10.6. The topological polar surface area (TPSA) is 43.8 Å². The molecule has 0 aliphatic rings. The summed E-state index contributed by atoms with van der Waals surface area (Å²) in [6.45, 7) is 7.20. The van der Waals surface area contributed by atoms with E-state index in [1.165, 1.54) is 16.0 Å². The second kappa shape index (κ2) is 4.38. The number of nitrogen functional groups attached to an aromatic ring is 1. The summed E-state index contributed by atoms with van der Waals surface area (Å²) in [6.07, 6.45) is 0. The average Bonchev–Trinajstić information content (AvgIpc) is 2.88. The van der Waals surface area contributed by atoms with Crippen LogP contribution >= 0.6 is 11.3 Å². The molecule has 0 saturated carbocycles. The fraction of sp³-hybridized carbons (Fsp3) is 0.267. The van der Waals surface area contributed by atoms with Crippen LogP contribution in [-0.4, -0.2) is 9.55 Å². The van der Waals surface area contributed by atoms with Crippen LogP contribution in [0.1, 0.15) is 17.4 Å². The predicted octanol–water partition coefficient (Wildman–Crippen LogP) is 3.98. The van der Waals surface area contributed by atoms with Crippen LogP contribution in [0.15, 0.2) is 24.3 Å². The highest BCUT2D eigenvalue weighted by molar-refractivity contribution is 7.16. The molecule has 0 unspecified atom stereocenters. The summed E-state index contributed by atoms with van der Waals surface area (Å²) in [5.74, 6) is 0.977. The van der Waals surface area contributed by atoms with Gasteiger partial charge in [-0.25, -0.2) is 4.98 Å². The summed E-state index contributed by atoms with van der Waals surface area (Å²) in [4.78, 5) is 6.00. The van der Waals surface area contributed by atoms with Crippen LogP contribution < -0.4 is 5.73 Å². The van der Waals surface area contributed by atoms with E-state index in [1.54, 1.807) is 11.3 Å². The van der Waals surface area contributed by atoms with Gasteiger partial charge >= 0.3 is 0 Å². The number of benzene rings is 1. The Balaban J connectivity index is 2.31. The van der Waals surface area contributed by atoms with Gasteiger partial charge in [-0.1, -0.05) is 6.07 Å². The molecule has 1 aromatic carbocycles. The molecule has 98 valence electrons. The van der Waals surface area contributed by atoms with E-state index in [-0.39, 0.29) is 0 Å². The summed E-state index contributed by atoms with van der Waals surface area (Å²) in [5, 5.41) is 0.847. The number of imidazole rings is 1. The second-order valence-electron chi connectivity index (χ2n) is 4.81. The molecule has 3 nitrogen and oxygen atoms in total. The maximum absolute atomic E-state index is 6.11. The van der Waals surface area contributed by atoms with Gasteiger partial charge in [0.15, 0.2) is 0 Å². The number of anilines is 1. The lowest BCUT2D eigenvalue weighted by molar-refractivity contribution is 0.797. The highest BCUT2D eigenvalue weighted by Gasteiger charge is 2.15. The third-order valence-electron chi connectivity index (χ3n) is 3.34. The predicted molar refractivity (Wildman–Crippen MR) is 82.6 cm³/mol. The summed E-state index contributed by atoms with van der Waals surface area (Å²) >= 11 is 1.62. The van der Waals surface area contributed by atoms with Crippen molar-refractivity contribution in [2.75, 3.05) is 5.73 Å². The molecule has 4 heteroatoms. The minimum Gasteiger partial charge on any atom is -0.390 e. The van der Waals surface area contributed by atoms with E-state index in [2.05, 4.69) is 49.6 Å². The lowest BCUT2D eigenvalue weighted by atomic mass is 10.2. The van der Waals surface area contributed by atoms with Crippen molar-refractivity contribution in [3.05, 3.63) is 34.7 Å². The maximum atomic E-state index is 6.11. The van der Waals surface area contributed by atoms with Crippen LogP contribution in [0.5, 0.6) is 0 Å². The molecule has 0 amide bonds. The molecule has 0 atom stereocenters. The number of aryl methyl sites for hydroxylation is 3. The van der Waals surface area contributed by atoms with Crippen molar-refractivity contribution in [1.29, 1.82) is 0 Å². The first-order valence-electron chi connectivity index (χ1n) is 6.43. The highest BCUT2D eigenvalue weighted by atomic mass is 32.1. The van der Waals surface area contributed by atoms with Crippen molar-refractivity contribution in [1.82, 2.24) is 9.55 Å². The highest BCUT2D eigenvalue weighted by Crippen LogP contribution is 2.34. The minimum atomic E-state index is 0.847. The van der Waals surface area contributed by atoms with Crippen LogP contribution in [0.2, 0.25) is 0 Å². The van der Waals surface area contributed by atoms with Crippen molar-refractivity contribution in [2.45, 2.75) is 27.3 Å². The minimum absolute atomic E-state index is 0.847. The zero-order chi connectivity index (χ0) is 13.6. The summed E-state index contributed by atoms with van der Waals surface area (Å²) in [7, 11) is 0. The zero-order valence-electron chi connectivity index (χ0n) is 11.4. The molecular formula is C15H17N3S. The Morgan fingerprint density at radius 1 is 1.26 bits per heavy atom. The second-order valence-corrected chi connectivity index (χ2v) is 6.09. The monoisotopic (exact) mass is 271 g/mol. The Morgan fingerprint density at radius 2 is 2.05 bits per heavy atom. The van der Waals surface area contributed by atoms with E-state index < -0.39 is 0 Å². The largest absolute Gasteiger partial charge is 0.390 e. The molecule has 2 heterocycles. The standard InChI is InChI=1S/C15H17N3S/c1-4-18-13-6-5-9(2)7-12(13)17-15(18)11-8-10(3)19-14(11)16/h5-8H,4,16H2,1-3H3. The molecule has 2 aromatic heterocycles. The van der Waals surface area contributed by atoms with Crippen LogP contribution in [0, 0.1) is 13.8 Å². The molecule has 0 aliphatic heterocycles. The first-order valence-corrected chi connectivity index (χ1v) is 7.25. The summed E-state index contributed by atoms with van der Waals surface area (Å²) in [6, 6.07) is 8.52. The van der Waals surface area contributed by atoms with Gasteiger partial charge in [0.05, 0.1) is 21.6 Å². The molecule has 19 heavy (non-hydrogen) atoms. The molecule has 0 saturated heterocycles. The van der Waals surface area contributed by atoms with Gasteiger partial charge in [-0.05, 0) is 44.5 Å². The molecule has 0 spiro atoms. The molecular weight excluding hydrogens is 254 g/mol. The van der Waals surface area contributed by atoms with Crippen LogP contribution in [0.3, 0.4) is 0 Å². The van der Waals surface area contributed by atoms with E-state index in [0.717, 1.165) is 28.5 Å². The Labute approximate surface area is 116 Å². The molecule has 3 rings (SSSR count). The fourth-order valence-corrected chi connectivity index (χ4v) is 3.26. The third-order valence-corrected chi connectivity index (χ3v) is 4.22. The van der Waals surface area contributed by atoms with Crippen LogP contribution in [0.25, 0.3) is 22.4 Å². The number of thiophene rings is 1. The lowest BCUT2D eigenvalue weighted by Gasteiger charge is -2.05. The molecule has 0 radical (unpaired) electrons. The van der Waals surface area contributed by atoms with Crippen molar-refractivity contribution in [3.8, 4) is 11.4 Å². The third kappa shape index (κ3) is 1.92. The van der Waals surface area contributed by atoms with Gasteiger partial charge in [-0.3, -0.25) is 0 Å². The van der Waals surface area contributed by atoms with Gasteiger partial charge in [0.2, 0.25) is 0 Å². The first-order chi connectivity index (χ1) is 9.10. The van der Waals surface area contributed by atoms with E-state index in [0.29, 0.717) is 0 Å². The number of nitrogens with two attached hydrogens (primary N) is 1. The lowest BCUT2D eigenvalue weighted by Crippen LogP contribution is -1.98. The first kappa shape index (κ1) is 12.2. The van der Waals surface area contributed by atoms with Crippen molar-refractivity contribution >= 4 is 27.4 Å². The van der Waals surface area contributed by atoms with Crippen molar-refractivity contribution in [2.24, 2.45) is 0 Å². The number of hydrogen-bond donors (Lipinski definition) is 1. The smallest absolute Gasteiger partial charge is 0.144 e. The van der Waals surface area contributed by atoms with Crippen LogP contribution in [0.4, 0.5) is 5.00 Å². The Morgan fingerprint density at radius 3 is 2.68 bits per heavy atom. The van der Waals surface area contributed by atoms with E-state index in [1.807, 2.05) is 0 Å². The SMILES string of the molecule is CCn1c(-c2cc(C)sc2N)nc2cc(C)ccc21. The van der Waals surface area contributed by atoms with Crippen molar-refractivity contribution < 1.29 is 0 Å². The maximum Gasteiger partial charge on any atom is 0.144 e. The van der Waals surface area contributed by atoms with Gasteiger partial charge in [0.25, 0.3) is 0 Å². The van der Waals surface area contributed by atoms with Gasteiger partial charge in [0.1, 0.15) is 5.82 Å². The van der Waals surface area contributed by atoms with Gasteiger partial charge in [-0.2, -0.15) is 0 Å². The summed E-state index contributed by atoms with van der Waals surface area (Å²) < 4.78 is 2.23. The molecule has 0 bridgehead atoms.